The van der Waals surface area contributed by atoms with E-state index in [9.17, 15) is 0 Å². The van der Waals surface area contributed by atoms with Gasteiger partial charge < -0.3 is 5.32 Å². The number of hydrogen-bond acceptors (Lipinski definition) is 3. The highest BCUT2D eigenvalue weighted by molar-refractivity contribution is 5.44. The third kappa shape index (κ3) is 3.45. The van der Waals surface area contributed by atoms with E-state index in [4.69, 9.17) is 5.26 Å². The van der Waals surface area contributed by atoms with Crippen LogP contribution >= 0.6 is 0 Å². The number of anilines is 1. The fourth-order valence-corrected chi connectivity index (χ4v) is 2.44. The highest BCUT2D eigenvalue weighted by Crippen LogP contribution is 2.21. The summed E-state index contributed by atoms with van der Waals surface area (Å²) in [6.07, 6.45) is 7.74. The average molecular weight is 229 g/mol. The molecule has 1 aliphatic rings. The number of nitrogens with one attached hydrogen (secondary N) is 1. The molecule has 2 rings (SSSR count). The van der Waals surface area contributed by atoms with Crippen LogP contribution in [0.2, 0.25) is 0 Å². The van der Waals surface area contributed by atoms with Crippen molar-refractivity contribution in [3.8, 4) is 6.07 Å². The lowest BCUT2D eigenvalue weighted by molar-refractivity contribution is 0.617. The number of rotatable bonds is 2. The zero-order valence-electron chi connectivity index (χ0n) is 10.4. The van der Waals surface area contributed by atoms with Crippen molar-refractivity contribution >= 4 is 5.82 Å². The predicted octanol–water partition coefficient (Wildman–Crippen LogP) is 3.40. The lowest BCUT2D eigenvalue weighted by Gasteiger charge is -2.17. The number of pyridine rings is 1. The molecular formula is C14H19N3. The number of aryl methyl sites for hydroxylation is 1. The second-order valence-electron chi connectivity index (χ2n) is 4.83. The zero-order valence-corrected chi connectivity index (χ0v) is 10.4. The first-order valence-electron chi connectivity index (χ1n) is 6.43. The van der Waals surface area contributed by atoms with Gasteiger partial charge in [0.25, 0.3) is 0 Å². The molecule has 1 aromatic heterocycles. The SMILES string of the molecule is Cc1cc(C#N)cc(NC2CCCCCC2)n1. The van der Waals surface area contributed by atoms with Gasteiger partial charge in [-0.3, -0.25) is 0 Å². The number of aromatic nitrogens is 1. The second kappa shape index (κ2) is 5.67. The summed E-state index contributed by atoms with van der Waals surface area (Å²) in [5.41, 5.74) is 1.59. The van der Waals surface area contributed by atoms with Crippen molar-refractivity contribution in [1.82, 2.24) is 4.98 Å². The first kappa shape index (κ1) is 11.9. The molecule has 0 aliphatic heterocycles. The van der Waals surface area contributed by atoms with Gasteiger partial charge in [-0.1, -0.05) is 25.7 Å². The maximum atomic E-state index is 8.93. The van der Waals surface area contributed by atoms with Crippen LogP contribution in [0.25, 0.3) is 0 Å². The lowest BCUT2D eigenvalue weighted by Crippen LogP contribution is -2.19. The van der Waals surface area contributed by atoms with Crippen molar-refractivity contribution in [1.29, 1.82) is 5.26 Å². The maximum absolute atomic E-state index is 8.93. The molecule has 0 amide bonds. The van der Waals surface area contributed by atoms with Gasteiger partial charge in [-0.25, -0.2) is 4.98 Å². The van der Waals surface area contributed by atoms with Crippen molar-refractivity contribution in [3.63, 3.8) is 0 Å². The Morgan fingerprint density at radius 2 is 1.94 bits per heavy atom. The van der Waals surface area contributed by atoms with E-state index in [1.165, 1.54) is 38.5 Å². The molecule has 0 saturated heterocycles. The van der Waals surface area contributed by atoms with Crippen molar-refractivity contribution in [2.24, 2.45) is 0 Å². The summed E-state index contributed by atoms with van der Waals surface area (Å²) in [7, 11) is 0. The molecule has 90 valence electrons. The van der Waals surface area contributed by atoms with Crippen LogP contribution in [0.4, 0.5) is 5.82 Å². The van der Waals surface area contributed by atoms with E-state index in [0.29, 0.717) is 11.6 Å². The van der Waals surface area contributed by atoms with Gasteiger partial charge >= 0.3 is 0 Å². The van der Waals surface area contributed by atoms with Crippen LogP contribution in [0.15, 0.2) is 12.1 Å². The summed E-state index contributed by atoms with van der Waals surface area (Å²) >= 11 is 0. The molecule has 0 radical (unpaired) electrons. The highest BCUT2D eigenvalue weighted by atomic mass is 15.0. The van der Waals surface area contributed by atoms with E-state index < -0.39 is 0 Å². The third-order valence-corrected chi connectivity index (χ3v) is 3.29. The molecule has 1 saturated carbocycles. The fraction of sp³-hybridized carbons (Fsp3) is 0.571. The summed E-state index contributed by atoms with van der Waals surface area (Å²) in [6.45, 7) is 1.93. The van der Waals surface area contributed by atoms with Gasteiger partial charge in [0.15, 0.2) is 0 Å². The maximum Gasteiger partial charge on any atom is 0.127 e. The number of nitrogens with zero attached hydrogens (tertiary/aromatic N) is 2. The highest BCUT2D eigenvalue weighted by Gasteiger charge is 2.12. The Labute approximate surface area is 103 Å². The molecule has 3 nitrogen and oxygen atoms in total. The van der Waals surface area contributed by atoms with Crippen LogP contribution in [0.5, 0.6) is 0 Å². The van der Waals surface area contributed by atoms with Gasteiger partial charge in [-0.15, -0.1) is 0 Å². The molecule has 3 heteroatoms. The van der Waals surface area contributed by atoms with Gasteiger partial charge in [0.1, 0.15) is 5.82 Å². The molecule has 0 spiro atoms. The van der Waals surface area contributed by atoms with E-state index in [0.717, 1.165) is 11.5 Å². The molecule has 0 unspecified atom stereocenters. The van der Waals surface area contributed by atoms with E-state index >= 15 is 0 Å². The van der Waals surface area contributed by atoms with Gasteiger partial charge in [-0.05, 0) is 31.9 Å². The Morgan fingerprint density at radius 1 is 1.24 bits per heavy atom. The Morgan fingerprint density at radius 3 is 2.59 bits per heavy atom. The van der Waals surface area contributed by atoms with E-state index in [1.54, 1.807) is 0 Å². The molecule has 1 fully saturated rings. The molecule has 0 atom stereocenters. The largest absolute Gasteiger partial charge is 0.367 e. The second-order valence-corrected chi connectivity index (χ2v) is 4.83. The van der Waals surface area contributed by atoms with Crippen LogP contribution in [0, 0.1) is 18.3 Å². The van der Waals surface area contributed by atoms with Gasteiger partial charge in [-0.2, -0.15) is 5.26 Å². The first-order valence-corrected chi connectivity index (χ1v) is 6.43. The monoisotopic (exact) mass is 229 g/mol. The van der Waals surface area contributed by atoms with Gasteiger partial charge in [0.05, 0.1) is 11.6 Å². The van der Waals surface area contributed by atoms with Gasteiger partial charge in [0, 0.05) is 11.7 Å². The zero-order chi connectivity index (χ0) is 12.1. The van der Waals surface area contributed by atoms with Crippen molar-refractivity contribution < 1.29 is 0 Å². The first-order chi connectivity index (χ1) is 8.28. The lowest BCUT2D eigenvalue weighted by atomic mass is 10.1. The Kier molecular flexibility index (Phi) is 3.98. The predicted molar refractivity (Wildman–Crippen MR) is 68.8 cm³/mol. The normalized spacial score (nSPS) is 17.2. The molecule has 1 N–H and O–H groups in total. The van der Waals surface area contributed by atoms with E-state index in [2.05, 4.69) is 16.4 Å². The smallest absolute Gasteiger partial charge is 0.127 e. The molecule has 1 aromatic rings. The van der Waals surface area contributed by atoms with Crippen molar-refractivity contribution in [2.75, 3.05) is 5.32 Å². The third-order valence-electron chi connectivity index (χ3n) is 3.29. The van der Waals surface area contributed by atoms with Crippen molar-refractivity contribution in [2.45, 2.75) is 51.5 Å². The van der Waals surface area contributed by atoms with Crippen molar-refractivity contribution in [3.05, 3.63) is 23.4 Å². The summed E-state index contributed by atoms with van der Waals surface area (Å²) in [5, 5.41) is 12.4. The topological polar surface area (TPSA) is 48.7 Å². The Hall–Kier alpha value is -1.56. The molecule has 1 aliphatic carbocycles. The molecular weight excluding hydrogens is 210 g/mol. The van der Waals surface area contributed by atoms with E-state index in [1.807, 2.05) is 19.1 Å². The Bertz CT molecular complexity index is 412. The van der Waals surface area contributed by atoms with Crippen LogP contribution in [0.3, 0.4) is 0 Å². The average Bonchev–Trinajstić information content (AvgIpc) is 2.57. The Balaban J connectivity index is 2.06. The molecule has 0 bridgehead atoms. The minimum absolute atomic E-state index is 0.526. The summed E-state index contributed by atoms with van der Waals surface area (Å²) < 4.78 is 0. The number of nitriles is 1. The van der Waals surface area contributed by atoms with Gasteiger partial charge in [0.2, 0.25) is 0 Å². The molecule has 0 aromatic carbocycles. The molecule has 17 heavy (non-hydrogen) atoms. The minimum atomic E-state index is 0.526. The standard InChI is InChI=1S/C14H19N3/c1-11-8-12(10-15)9-14(16-11)17-13-6-4-2-3-5-7-13/h8-9,13H,2-7H2,1H3,(H,16,17). The minimum Gasteiger partial charge on any atom is -0.367 e. The van der Waals surface area contributed by atoms with E-state index in [-0.39, 0.29) is 0 Å². The van der Waals surface area contributed by atoms with Crippen LogP contribution in [0.1, 0.15) is 49.8 Å². The van der Waals surface area contributed by atoms with Crippen LogP contribution < -0.4 is 5.32 Å². The summed E-state index contributed by atoms with van der Waals surface area (Å²) in [4.78, 5) is 4.44. The summed E-state index contributed by atoms with van der Waals surface area (Å²) in [6, 6.07) is 6.37. The van der Waals surface area contributed by atoms with Crippen LogP contribution in [-0.2, 0) is 0 Å². The molecule has 1 heterocycles. The van der Waals surface area contributed by atoms with Crippen LogP contribution in [-0.4, -0.2) is 11.0 Å². The quantitative estimate of drug-likeness (QED) is 0.791. The summed E-state index contributed by atoms with van der Waals surface area (Å²) in [5.74, 6) is 0.855. The fourth-order valence-electron chi connectivity index (χ4n) is 2.44. The number of hydrogen-bond donors (Lipinski definition) is 1.